The van der Waals surface area contributed by atoms with Gasteiger partial charge in [0.05, 0.1) is 12.0 Å². The van der Waals surface area contributed by atoms with Gasteiger partial charge in [-0.25, -0.2) is 14.8 Å². The maximum absolute atomic E-state index is 12.6. The lowest BCUT2D eigenvalue weighted by Crippen LogP contribution is -2.44. The van der Waals surface area contributed by atoms with Gasteiger partial charge in [0.15, 0.2) is 0 Å². The molecule has 1 N–H and O–H groups in total. The highest BCUT2D eigenvalue weighted by Crippen LogP contribution is 2.35. The molecule has 1 aliphatic heterocycles. The van der Waals surface area contributed by atoms with Crippen LogP contribution < -0.4 is 10.2 Å². The number of nitrogens with zero attached hydrogens (tertiary/aromatic N) is 3. The Morgan fingerprint density at radius 2 is 2.00 bits per heavy atom. The lowest BCUT2D eigenvalue weighted by Gasteiger charge is -2.28. The van der Waals surface area contributed by atoms with E-state index in [1.807, 2.05) is 37.3 Å². The zero-order chi connectivity index (χ0) is 18.6. The van der Waals surface area contributed by atoms with E-state index in [0.717, 1.165) is 53.3 Å². The Bertz CT molecular complexity index is 936. The summed E-state index contributed by atoms with van der Waals surface area (Å²) in [6.07, 6.45) is 2.29. The van der Waals surface area contributed by atoms with Gasteiger partial charge in [-0.3, -0.25) is 0 Å². The highest BCUT2D eigenvalue weighted by Gasteiger charge is 2.23. The second-order valence-electron chi connectivity index (χ2n) is 6.54. The summed E-state index contributed by atoms with van der Waals surface area (Å²) in [5.41, 5.74) is 2.07. The largest absolute Gasteiger partial charge is 0.461 e. The summed E-state index contributed by atoms with van der Waals surface area (Å²) < 4.78 is 5.53. The van der Waals surface area contributed by atoms with Gasteiger partial charge in [0.25, 0.3) is 0 Å². The fourth-order valence-electron chi connectivity index (χ4n) is 3.34. The van der Waals surface area contributed by atoms with E-state index in [4.69, 9.17) is 4.74 Å². The zero-order valence-electron chi connectivity index (χ0n) is 15.3. The molecule has 1 aromatic carbocycles. The number of hydrogen-bond acceptors (Lipinski definition) is 7. The molecule has 0 atom stereocenters. The number of carbonyl (C=O) groups is 1. The van der Waals surface area contributed by atoms with Gasteiger partial charge in [-0.1, -0.05) is 30.3 Å². The lowest BCUT2D eigenvalue weighted by atomic mass is 10.1. The number of anilines is 1. The number of rotatable bonds is 5. The molecule has 1 aliphatic rings. The molecule has 0 saturated carbocycles. The Labute approximate surface area is 162 Å². The molecule has 6 nitrogen and oxygen atoms in total. The number of aryl methyl sites for hydroxylation is 1. The minimum atomic E-state index is -0.280. The Morgan fingerprint density at radius 1 is 1.22 bits per heavy atom. The molecule has 0 aliphatic carbocycles. The van der Waals surface area contributed by atoms with Crippen molar-refractivity contribution in [2.45, 2.75) is 13.3 Å². The van der Waals surface area contributed by atoms with E-state index in [-0.39, 0.29) is 5.97 Å². The van der Waals surface area contributed by atoms with Crippen LogP contribution >= 0.6 is 11.3 Å². The van der Waals surface area contributed by atoms with Crippen LogP contribution in [0.4, 0.5) is 5.82 Å². The third kappa shape index (κ3) is 3.79. The fraction of sp³-hybridized carbons (Fsp3) is 0.350. The van der Waals surface area contributed by atoms with Crippen LogP contribution in [0, 0.1) is 6.92 Å². The number of piperazine rings is 1. The van der Waals surface area contributed by atoms with Crippen molar-refractivity contribution < 1.29 is 9.53 Å². The molecule has 2 aromatic heterocycles. The first kappa shape index (κ1) is 17.9. The maximum Gasteiger partial charge on any atom is 0.348 e. The Hall–Kier alpha value is -2.51. The van der Waals surface area contributed by atoms with Crippen molar-refractivity contribution in [3.63, 3.8) is 0 Å². The summed E-state index contributed by atoms with van der Waals surface area (Å²) in [5.74, 6) is 0.635. The predicted octanol–water partition coefficient (Wildman–Crippen LogP) is 2.81. The second-order valence-corrected chi connectivity index (χ2v) is 7.54. The van der Waals surface area contributed by atoms with Gasteiger partial charge >= 0.3 is 5.97 Å². The molecule has 1 saturated heterocycles. The summed E-state index contributed by atoms with van der Waals surface area (Å²) >= 11 is 1.39. The van der Waals surface area contributed by atoms with Crippen molar-refractivity contribution >= 4 is 33.3 Å². The highest BCUT2D eigenvalue weighted by molar-refractivity contribution is 7.20. The molecule has 0 bridgehead atoms. The van der Waals surface area contributed by atoms with Crippen molar-refractivity contribution in [3.8, 4) is 0 Å². The van der Waals surface area contributed by atoms with Gasteiger partial charge in [0.2, 0.25) is 0 Å². The van der Waals surface area contributed by atoms with Crippen molar-refractivity contribution in [3.05, 3.63) is 52.7 Å². The quantitative estimate of drug-likeness (QED) is 0.685. The van der Waals surface area contributed by atoms with Crippen molar-refractivity contribution in [2.24, 2.45) is 0 Å². The molecule has 0 radical (unpaired) electrons. The molecule has 0 amide bonds. The van der Waals surface area contributed by atoms with Crippen molar-refractivity contribution in [1.82, 2.24) is 15.3 Å². The van der Waals surface area contributed by atoms with E-state index in [2.05, 4.69) is 20.2 Å². The number of hydrogen-bond donors (Lipinski definition) is 1. The summed E-state index contributed by atoms with van der Waals surface area (Å²) in [4.78, 5) is 25.2. The van der Waals surface area contributed by atoms with E-state index in [1.165, 1.54) is 11.3 Å². The molecule has 0 spiro atoms. The summed E-state index contributed by atoms with van der Waals surface area (Å²) in [6, 6.07) is 10.0. The number of benzene rings is 1. The van der Waals surface area contributed by atoms with Crippen LogP contribution in [0.1, 0.15) is 20.8 Å². The molecule has 7 heteroatoms. The van der Waals surface area contributed by atoms with Gasteiger partial charge in [-0.05, 0) is 18.1 Å². The van der Waals surface area contributed by atoms with Crippen LogP contribution in [-0.2, 0) is 11.2 Å². The molecule has 3 heterocycles. The average molecular weight is 382 g/mol. The summed E-state index contributed by atoms with van der Waals surface area (Å²) in [7, 11) is 0. The fourth-order valence-corrected chi connectivity index (χ4v) is 4.37. The minimum Gasteiger partial charge on any atom is -0.461 e. The van der Waals surface area contributed by atoms with Crippen LogP contribution in [-0.4, -0.2) is 48.7 Å². The standard InChI is InChI=1S/C20H22N4O2S/c1-14-16-18(24-10-8-21-9-11-24)22-13-23-19(16)27-17(14)20(25)26-12-7-15-5-3-2-4-6-15/h2-6,13,21H,7-12H2,1H3. The molecule has 3 aromatic rings. The number of nitrogens with one attached hydrogen (secondary N) is 1. The molecule has 4 rings (SSSR count). The van der Waals surface area contributed by atoms with Gasteiger partial charge in [-0.15, -0.1) is 11.3 Å². The Morgan fingerprint density at radius 3 is 2.78 bits per heavy atom. The first-order valence-electron chi connectivity index (χ1n) is 9.15. The molecule has 0 unspecified atom stereocenters. The summed E-state index contributed by atoms with van der Waals surface area (Å²) in [5, 5.41) is 4.32. The van der Waals surface area contributed by atoms with Crippen LogP contribution in [0.25, 0.3) is 10.2 Å². The van der Waals surface area contributed by atoms with Gasteiger partial charge < -0.3 is 15.0 Å². The number of esters is 1. The van der Waals surface area contributed by atoms with E-state index in [1.54, 1.807) is 6.33 Å². The zero-order valence-corrected chi connectivity index (χ0v) is 16.1. The normalized spacial score (nSPS) is 14.5. The minimum absolute atomic E-state index is 0.280. The predicted molar refractivity (Wildman–Crippen MR) is 108 cm³/mol. The topological polar surface area (TPSA) is 67.3 Å². The maximum atomic E-state index is 12.6. The second kappa shape index (κ2) is 8.02. The van der Waals surface area contributed by atoms with Gasteiger partial charge in [0.1, 0.15) is 21.9 Å². The van der Waals surface area contributed by atoms with Crippen LogP contribution in [0.5, 0.6) is 0 Å². The Kier molecular flexibility index (Phi) is 5.31. The van der Waals surface area contributed by atoms with Crippen LogP contribution in [0.3, 0.4) is 0 Å². The van der Waals surface area contributed by atoms with E-state index in [9.17, 15) is 4.79 Å². The number of fused-ring (bicyclic) bond motifs is 1. The third-order valence-corrected chi connectivity index (χ3v) is 5.96. The number of aromatic nitrogens is 2. The third-order valence-electron chi connectivity index (χ3n) is 4.78. The molecule has 1 fully saturated rings. The van der Waals surface area contributed by atoms with Crippen LogP contribution in [0.15, 0.2) is 36.7 Å². The van der Waals surface area contributed by atoms with E-state index >= 15 is 0 Å². The van der Waals surface area contributed by atoms with E-state index in [0.29, 0.717) is 17.9 Å². The van der Waals surface area contributed by atoms with Gasteiger partial charge in [-0.2, -0.15) is 0 Å². The van der Waals surface area contributed by atoms with Crippen LogP contribution in [0.2, 0.25) is 0 Å². The molecule has 140 valence electrons. The number of thiophene rings is 1. The van der Waals surface area contributed by atoms with Crippen molar-refractivity contribution in [2.75, 3.05) is 37.7 Å². The summed E-state index contributed by atoms with van der Waals surface area (Å²) in [6.45, 7) is 6.00. The molecule has 27 heavy (non-hydrogen) atoms. The lowest BCUT2D eigenvalue weighted by molar-refractivity contribution is 0.0514. The number of ether oxygens (including phenoxy) is 1. The molecular formula is C20H22N4O2S. The first-order chi connectivity index (χ1) is 13.2. The highest BCUT2D eigenvalue weighted by atomic mass is 32.1. The molecular weight excluding hydrogens is 360 g/mol. The first-order valence-corrected chi connectivity index (χ1v) is 9.96. The monoisotopic (exact) mass is 382 g/mol. The van der Waals surface area contributed by atoms with Crippen molar-refractivity contribution in [1.29, 1.82) is 0 Å². The average Bonchev–Trinajstić information content (AvgIpc) is 3.06. The SMILES string of the molecule is Cc1c(C(=O)OCCc2ccccc2)sc2ncnc(N3CCNCC3)c12. The van der Waals surface area contributed by atoms with Gasteiger partial charge in [0, 0.05) is 32.6 Å². The number of carbonyl (C=O) groups excluding carboxylic acids is 1. The van der Waals surface area contributed by atoms with E-state index < -0.39 is 0 Å². The smallest absolute Gasteiger partial charge is 0.348 e. The Balaban J connectivity index is 1.53.